The number of nitrogens with one attached hydrogen (secondary N) is 4. The van der Waals surface area contributed by atoms with E-state index >= 15 is 0 Å². The van der Waals surface area contributed by atoms with E-state index in [2.05, 4.69) is 67.9 Å². The van der Waals surface area contributed by atoms with Crippen LogP contribution in [0.3, 0.4) is 0 Å². The Morgan fingerprint density at radius 1 is 1.00 bits per heavy atom. The summed E-state index contributed by atoms with van der Waals surface area (Å²) in [5, 5.41) is 23.8. The molecule has 0 spiro atoms. The largest absolute Gasteiger partial charge is 0.524 e. The van der Waals surface area contributed by atoms with E-state index in [1.807, 2.05) is 65.7 Å². The van der Waals surface area contributed by atoms with Gasteiger partial charge in [-0.1, -0.05) is 102 Å². The number of aliphatic carboxylic acids is 1. The number of thiazole rings is 1. The molecule has 85 heavy (non-hydrogen) atoms. The summed E-state index contributed by atoms with van der Waals surface area (Å²) in [6.45, 7) is 21.5. The van der Waals surface area contributed by atoms with Gasteiger partial charge in [0.05, 0.1) is 22.4 Å². The number of esters is 1. The van der Waals surface area contributed by atoms with Gasteiger partial charge in [0.1, 0.15) is 22.4 Å². The smallest absolute Gasteiger partial charge is 0.481 e. The van der Waals surface area contributed by atoms with Gasteiger partial charge in [0.15, 0.2) is 11.9 Å². The van der Waals surface area contributed by atoms with E-state index in [1.54, 1.807) is 11.9 Å². The number of phosphoric acid groups is 1. The second kappa shape index (κ2) is 33.3. The Morgan fingerprint density at radius 3 is 2.24 bits per heavy atom. The fourth-order valence-corrected chi connectivity index (χ4v) is 15.8. The maximum absolute atomic E-state index is 14.7. The van der Waals surface area contributed by atoms with Crippen LogP contribution in [0, 0.1) is 29.1 Å². The van der Waals surface area contributed by atoms with Crippen LogP contribution < -0.4 is 25.8 Å². The lowest BCUT2D eigenvalue weighted by molar-refractivity contribution is -0.149. The Morgan fingerprint density at radius 2 is 1.68 bits per heavy atom. The van der Waals surface area contributed by atoms with Gasteiger partial charge in [-0.2, -0.15) is 0 Å². The molecule has 2 aromatic rings. The van der Waals surface area contributed by atoms with Crippen LogP contribution in [0.2, 0.25) is 0 Å². The van der Waals surface area contributed by atoms with E-state index in [-0.39, 0.29) is 83.4 Å². The molecule has 9 atom stereocenters. The average Bonchev–Trinajstić information content (AvgIpc) is 2.00. The zero-order chi connectivity index (χ0) is 63.8. The number of carbonyl (C=O) groups is 7. The lowest BCUT2D eigenvalue weighted by Crippen LogP contribution is -2.59. The molecular weight excluding hydrogens is 1280 g/mol. The maximum Gasteiger partial charge on any atom is 0.524 e. The number of phosphoric ester groups is 1. The van der Waals surface area contributed by atoms with E-state index in [0.29, 0.717) is 35.5 Å². The number of likely N-dealkylation sites (N-methyl/N-ethyl adjacent to an activating group) is 2. The van der Waals surface area contributed by atoms with Crippen LogP contribution in [-0.2, 0) is 44.5 Å². The van der Waals surface area contributed by atoms with E-state index in [4.69, 9.17) is 9.26 Å². The summed E-state index contributed by atoms with van der Waals surface area (Å²) >= 11 is 3.29. The number of carboxylic acids is 1. The first-order valence-electron chi connectivity index (χ1n) is 29.9. The first-order valence-corrected chi connectivity index (χ1v) is 35.6. The Hall–Kier alpha value is -3.56. The standard InChI is InChI=1S/C59H96IN8O13PS3/c1-15-25-58(27-28-58)41-22-23-45(66(12)34-41)52(72)64-50(37(7)17-3)54(73)67(13)46(36(5)6)33-48(80-39(9)69)53-63-44(35-83-53)51(71)61-42(30-38(8)55(74)75)31-40-21-24-47(81-82(77,78)79)43(32-40)62-49(70)20-19-29-84-85-57(10,11)56(76)65-59(18-4,26-16-2)68(14)60/h21,24,32,35-38,41-42,45-46,48,50H,15-20,22-23,25-31,33-34H2,1-14H3,(H,61,71)(H,62,70)(H,64,72)(H,65,76)(H,74,75)(H2,77,78,79)/t37-,38?,41?,42+,45+,46+,48+,50-,59?/m0/s1. The second-order valence-electron chi connectivity index (χ2n) is 24.3. The van der Waals surface area contributed by atoms with Crippen LogP contribution in [0.1, 0.15) is 193 Å². The molecule has 1 aromatic heterocycles. The number of amides is 5. The van der Waals surface area contributed by atoms with Gasteiger partial charge in [-0.25, -0.2) is 12.7 Å². The number of aromatic nitrogens is 1. The van der Waals surface area contributed by atoms with Crippen LogP contribution in [-0.4, -0.2) is 142 Å². The Balaban J connectivity index is 1.48. The van der Waals surface area contributed by atoms with Gasteiger partial charge >= 0.3 is 19.8 Å². The molecule has 3 unspecified atom stereocenters. The fourth-order valence-electron chi connectivity index (χ4n) is 11.4. The summed E-state index contributed by atoms with van der Waals surface area (Å²) in [5.41, 5.74) is 0.262. The second-order valence-corrected chi connectivity index (χ2v) is 30.8. The number of halogens is 1. The summed E-state index contributed by atoms with van der Waals surface area (Å²) < 4.78 is 24.1. The van der Waals surface area contributed by atoms with Crippen molar-refractivity contribution in [3.63, 3.8) is 0 Å². The molecule has 1 aliphatic heterocycles. The Labute approximate surface area is 530 Å². The van der Waals surface area contributed by atoms with Crippen LogP contribution in [0.5, 0.6) is 5.75 Å². The number of piperidine rings is 1. The lowest BCUT2D eigenvalue weighted by atomic mass is 9.78. The molecule has 0 bridgehead atoms. The third-order valence-electron chi connectivity index (χ3n) is 16.9. The zero-order valence-corrected chi connectivity index (χ0v) is 57.8. The molecule has 1 aromatic carbocycles. The minimum Gasteiger partial charge on any atom is -0.481 e. The van der Waals surface area contributed by atoms with Crippen molar-refractivity contribution in [2.45, 2.75) is 213 Å². The van der Waals surface area contributed by atoms with E-state index in [9.17, 15) is 53.0 Å². The Kier molecular flexibility index (Phi) is 29.0. The van der Waals surface area contributed by atoms with Crippen LogP contribution in [0.4, 0.5) is 5.69 Å². The molecule has 21 nitrogen and oxygen atoms in total. The van der Waals surface area contributed by atoms with Crippen molar-refractivity contribution >= 4 is 111 Å². The van der Waals surface area contributed by atoms with Gasteiger partial charge in [-0.15, -0.1) is 11.3 Å². The molecule has 2 fully saturated rings. The first kappa shape index (κ1) is 73.9. The number of ether oxygens (including phenoxy) is 1. The topological polar surface area (TPSA) is 286 Å². The van der Waals surface area contributed by atoms with Crippen molar-refractivity contribution in [3.8, 4) is 5.75 Å². The van der Waals surface area contributed by atoms with Gasteiger partial charge in [0, 0.05) is 79.4 Å². The normalized spacial score (nSPS) is 19.1. The Bertz CT molecular complexity index is 2640. The predicted molar refractivity (Wildman–Crippen MR) is 345 cm³/mol. The number of rotatable bonds is 36. The number of benzene rings is 1. The molecule has 4 rings (SSSR count). The number of carbonyl (C=O) groups excluding carboxylic acids is 6. The number of carboxylic acid groups (broad SMARTS) is 1. The molecule has 5 amide bonds. The molecule has 1 saturated heterocycles. The zero-order valence-electron chi connectivity index (χ0n) is 52.3. The van der Waals surface area contributed by atoms with Crippen molar-refractivity contribution < 1.29 is 62.3 Å². The molecule has 26 heteroatoms. The molecule has 2 heterocycles. The number of hydrogen-bond donors (Lipinski definition) is 7. The van der Waals surface area contributed by atoms with Crippen LogP contribution >= 0.6 is 63.6 Å². The highest BCUT2D eigenvalue weighted by Gasteiger charge is 2.50. The van der Waals surface area contributed by atoms with Gasteiger partial charge in [0.2, 0.25) is 23.6 Å². The monoisotopic (exact) mass is 1380 g/mol. The van der Waals surface area contributed by atoms with Crippen molar-refractivity contribution in [2.75, 3.05) is 38.8 Å². The molecule has 7 N–H and O–H groups in total. The first-order chi connectivity index (χ1) is 39.8. The number of hydrogen-bond acceptors (Lipinski definition) is 16. The van der Waals surface area contributed by atoms with Crippen LogP contribution in [0.25, 0.3) is 0 Å². The highest BCUT2D eigenvalue weighted by atomic mass is 127. The maximum atomic E-state index is 14.7. The van der Waals surface area contributed by atoms with Crippen molar-refractivity contribution in [1.82, 2.24) is 33.8 Å². The predicted octanol–water partition coefficient (Wildman–Crippen LogP) is 10.5. The van der Waals surface area contributed by atoms with Gasteiger partial charge < -0.3 is 40.5 Å². The third kappa shape index (κ3) is 21.9. The molecule has 1 aliphatic carbocycles. The summed E-state index contributed by atoms with van der Waals surface area (Å²) in [4.78, 5) is 123. The number of likely N-dealkylation sites (tertiary alicyclic amines) is 1. The van der Waals surface area contributed by atoms with Gasteiger partial charge in [-0.05, 0) is 133 Å². The quantitative estimate of drug-likeness (QED) is 0.00635. The average molecular weight is 1380 g/mol. The fraction of sp³-hybridized carbons (Fsp3) is 0.729. The summed E-state index contributed by atoms with van der Waals surface area (Å²) in [5.74, 6) is -3.94. The van der Waals surface area contributed by atoms with E-state index in [0.717, 1.165) is 56.4 Å². The lowest BCUT2D eigenvalue weighted by Gasteiger charge is -2.41. The summed E-state index contributed by atoms with van der Waals surface area (Å²) in [7, 11) is 3.38. The molecule has 2 aliphatic rings. The van der Waals surface area contributed by atoms with E-state index in [1.165, 1.54) is 78.3 Å². The third-order valence-corrected chi connectivity index (χ3v) is 22.4. The minimum absolute atomic E-state index is 0.00465. The van der Waals surface area contributed by atoms with Crippen molar-refractivity contribution in [3.05, 3.63) is 39.8 Å². The molecular formula is C59H96IN8O13PS3. The van der Waals surface area contributed by atoms with Gasteiger partial charge in [0.25, 0.3) is 5.91 Å². The summed E-state index contributed by atoms with van der Waals surface area (Å²) in [6, 6.07) is 1.68. The number of nitrogens with zero attached hydrogens (tertiary/aromatic N) is 4. The highest BCUT2D eigenvalue weighted by molar-refractivity contribution is 14.1. The summed E-state index contributed by atoms with van der Waals surface area (Å²) in [6.07, 6.45) is 9.10. The minimum atomic E-state index is -5.11. The van der Waals surface area contributed by atoms with Crippen LogP contribution in [0.15, 0.2) is 23.6 Å². The van der Waals surface area contributed by atoms with Crippen molar-refractivity contribution in [1.29, 1.82) is 0 Å². The van der Waals surface area contributed by atoms with Gasteiger partial charge in [-0.3, -0.25) is 48.2 Å². The molecule has 480 valence electrons. The SMILES string of the molecule is CCCC1(C2CC[C@H](C(=O)N[C@H](C(=O)N(C)[C@H](C[C@@H](OC(C)=O)c3nc(C(=O)N[C@@H](Cc4ccc(OP(=O)(O)O)c(NC(=O)CCCSSC(C)(C)C(=O)NC(CC)(CCC)N(C)I)c4)CC(C)C(=O)O)cs3)C(C)C)[C@@H](C)CC)N(C)C2)CC1. The molecule has 0 radical (unpaired) electrons. The number of anilines is 1. The molecule has 1 saturated carbocycles. The van der Waals surface area contributed by atoms with E-state index < -0.39 is 72.1 Å². The highest BCUT2D eigenvalue weighted by Crippen LogP contribution is 2.58. The van der Waals surface area contributed by atoms with Crippen molar-refractivity contribution in [2.24, 2.45) is 29.1 Å².